The van der Waals surface area contributed by atoms with Gasteiger partial charge in [0.05, 0.1) is 10.3 Å². The summed E-state index contributed by atoms with van der Waals surface area (Å²) in [6, 6.07) is 6.77. The van der Waals surface area contributed by atoms with E-state index in [-0.39, 0.29) is 5.54 Å². The predicted octanol–water partition coefficient (Wildman–Crippen LogP) is 3.65. The number of thioether (sulfide) groups is 1. The van der Waals surface area contributed by atoms with Crippen LogP contribution in [0.4, 0.5) is 0 Å². The minimum Gasteiger partial charge on any atom is -0.300 e. The summed E-state index contributed by atoms with van der Waals surface area (Å²) in [6.07, 6.45) is 4.36. The van der Waals surface area contributed by atoms with Crippen molar-refractivity contribution >= 4 is 23.1 Å². The highest BCUT2D eigenvalue weighted by Crippen LogP contribution is 2.39. The van der Waals surface area contributed by atoms with Crippen LogP contribution in [0.15, 0.2) is 21.7 Å². The van der Waals surface area contributed by atoms with Gasteiger partial charge in [-0.25, -0.2) is 0 Å². The molecule has 92 valence electrons. The summed E-state index contributed by atoms with van der Waals surface area (Å²) in [5, 5.41) is 15.5. The van der Waals surface area contributed by atoms with Gasteiger partial charge in [-0.3, -0.25) is 5.32 Å². The summed E-state index contributed by atoms with van der Waals surface area (Å²) in [6.45, 7) is 2.96. The van der Waals surface area contributed by atoms with Crippen LogP contribution in [0.5, 0.6) is 0 Å². The second-order valence-electron chi connectivity index (χ2n) is 4.49. The van der Waals surface area contributed by atoms with Crippen LogP contribution in [0.25, 0.3) is 0 Å². The molecule has 0 aliphatic heterocycles. The average Bonchev–Trinajstić information content (AvgIpc) is 2.83. The fourth-order valence-corrected chi connectivity index (χ4v) is 4.84. The standard InChI is InChI=1S/C13H18N2S2/c1-2-15-13(10-14)7-3-5-11(9-13)17-12-6-4-8-16-12/h4,6,8,11,15H,2-3,5,7,9H2,1H3. The molecule has 0 aromatic carbocycles. The number of thiophene rings is 1. The summed E-state index contributed by atoms with van der Waals surface area (Å²) < 4.78 is 1.38. The van der Waals surface area contributed by atoms with Crippen molar-refractivity contribution in [1.29, 1.82) is 5.26 Å². The Kier molecular flexibility index (Phi) is 4.49. The summed E-state index contributed by atoms with van der Waals surface area (Å²) in [5.41, 5.74) is -0.276. The molecule has 1 heterocycles. The van der Waals surface area contributed by atoms with Gasteiger partial charge in [0.1, 0.15) is 5.54 Å². The lowest BCUT2D eigenvalue weighted by atomic mass is 9.82. The first kappa shape index (κ1) is 12.9. The normalized spacial score (nSPS) is 28.8. The van der Waals surface area contributed by atoms with E-state index in [1.165, 1.54) is 10.6 Å². The first-order valence-corrected chi connectivity index (χ1v) is 7.90. The number of nitriles is 1. The SMILES string of the molecule is CCNC1(C#N)CCCC(Sc2cccs2)C1. The molecule has 2 atom stereocenters. The smallest absolute Gasteiger partial charge is 0.107 e. The van der Waals surface area contributed by atoms with E-state index in [0.717, 1.165) is 25.8 Å². The van der Waals surface area contributed by atoms with Gasteiger partial charge in [-0.15, -0.1) is 23.1 Å². The molecule has 0 radical (unpaired) electrons. The van der Waals surface area contributed by atoms with Crippen LogP contribution >= 0.6 is 23.1 Å². The maximum atomic E-state index is 9.40. The topological polar surface area (TPSA) is 35.8 Å². The third kappa shape index (κ3) is 3.25. The van der Waals surface area contributed by atoms with Gasteiger partial charge in [0.15, 0.2) is 0 Å². The van der Waals surface area contributed by atoms with Gasteiger partial charge in [-0.05, 0) is 43.7 Å². The zero-order chi connectivity index (χ0) is 12.1. The molecule has 1 aliphatic rings. The van der Waals surface area contributed by atoms with Gasteiger partial charge in [0.25, 0.3) is 0 Å². The van der Waals surface area contributed by atoms with E-state index < -0.39 is 0 Å². The summed E-state index contributed by atoms with van der Waals surface area (Å²) >= 11 is 3.74. The molecule has 1 fully saturated rings. The zero-order valence-corrected chi connectivity index (χ0v) is 11.7. The van der Waals surface area contributed by atoms with Gasteiger partial charge in [0.2, 0.25) is 0 Å². The van der Waals surface area contributed by atoms with Crippen molar-refractivity contribution in [3.8, 4) is 6.07 Å². The fraction of sp³-hybridized carbons (Fsp3) is 0.615. The maximum Gasteiger partial charge on any atom is 0.107 e. The van der Waals surface area contributed by atoms with Gasteiger partial charge < -0.3 is 0 Å². The maximum absolute atomic E-state index is 9.40. The second-order valence-corrected chi connectivity index (χ2v) is 7.04. The Morgan fingerprint density at radius 2 is 2.59 bits per heavy atom. The van der Waals surface area contributed by atoms with Crippen LogP contribution in [0.2, 0.25) is 0 Å². The molecule has 1 N–H and O–H groups in total. The van der Waals surface area contributed by atoms with Crippen molar-refractivity contribution in [3.63, 3.8) is 0 Å². The van der Waals surface area contributed by atoms with Crippen molar-refractivity contribution < 1.29 is 0 Å². The van der Waals surface area contributed by atoms with Gasteiger partial charge >= 0.3 is 0 Å². The molecule has 1 aromatic rings. The van der Waals surface area contributed by atoms with Gasteiger partial charge in [-0.2, -0.15) is 5.26 Å². The molecule has 1 aromatic heterocycles. The Bertz CT molecular complexity index is 379. The van der Waals surface area contributed by atoms with E-state index in [9.17, 15) is 5.26 Å². The van der Waals surface area contributed by atoms with Crippen LogP contribution in [-0.2, 0) is 0 Å². The average molecular weight is 266 g/mol. The monoisotopic (exact) mass is 266 g/mol. The quantitative estimate of drug-likeness (QED) is 0.903. The molecular weight excluding hydrogens is 248 g/mol. The van der Waals surface area contributed by atoms with E-state index in [0.29, 0.717) is 5.25 Å². The summed E-state index contributed by atoms with van der Waals surface area (Å²) in [7, 11) is 0. The summed E-state index contributed by atoms with van der Waals surface area (Å²) in [4.78, 5) is 0. The van der Waals surface area contributed by atoms with E-state index in [4.69, 9.17) is 0 Å². The van der Waals surface area contributed by atoms with E-state index >= 15 is 0 Å². The number of rotatable bonds is 4. The summed E-state index contributed by atoms with van der Waals surface area (Å²) in [5.74, 6) is 0. The van der Waals surface area contributed by atoms with E-state index in [1.54, 1.807) is 11.3 Å². The first-order valence-electron chi connectivity index (χ1n) is 6.14. The number of hydrogen-bond acceptors (Lipinski definition) is 4. The molecule has 0 bridgehead atoms. The molecule has 0 amide bonds. The highest BCUT2D eigenvalue weighted by molar-refractivity contribution is 8.01. The Balaban J connectivity index is 1.99. The molecule has 1 saturated carbocycles. The molecule has 17 heavy (non-hydrogen) atoms. The lowest BCUT2D eigenvalue weighted by Gasteiger charge is -2.35. The van der Waals surface area contributed by atoms with Crippen LogP contribution in [-0.4, -0.2) is 17.3 Å². The van der Waals surface area contributed by atoms with Gasteiger partial charge in [0, 0.05) is 5.25 Å². The lowest BCUT2D eigenvalue weighted by molar-refractivity contribution is 0.309. The zero-order valence-electron chi connectivity index (χ0n) is 10.1. The molecule has 2 nitrogen and oxygen atoms in total. The Morgan fingerprint density at radius 3 is 3.24 bits per heavy atom. The van der Waals surface area contributed by atoms with Crippen LogP contribution in [0.1, 0.15) is 32.6 Å². The van der Waals surface area contributed by atoms with Crippen molar-refractivity contribution in [2.24, 2.45) is 0 Å². The third-order valence-corrected chi connectivity index (χ3v) is 5.56. The van der Waals surface area contributed by atoms with Crippen LogP contribution in [0, 0.1) is 11.3 Å². The Hall–Kier alpha value is -0.500. The number of hydrogen-bond donors (Lipinski definition) is 1. The fourth-order valence-electron chi connectivity index (χ4n) is 2.46. The first-order chi connectivity index (χ1) is 8.28. The molecular formula is C13H18N2S2. The highest BCUT2D eigenvalue weighted by atomic mass is 32.2. The van der Waals surface area contributed by atoms with Crippen LogP contribution in [0.3, 0.4) is 0 Å². The molecule has 0 spiro atoms. The molecule has 2 rings (SSSR count). The predicted molar refractivity (Wildman–Crippen MR) is 74.5 cm³/mol. The van der Waals surface area contributed by atoms with E-state index in [2.05, 4.69) is 35.8 Å². The number of nitrogens with one attached hydrogen (secondary N) is 1. The van der Waals surface area contributed by atoms with Crippen molar-refractivity contribution in [2.45, 2.75) is 47.6 Å². The van der Waals surface area contributed by atoms with E-state index in [1.807, 2.05) is 11.8 Å². The molecule has 0 saturated heterocycles. The largest absolute Gasteiger partial charge is 0.300 e. The van der Waals surface area contributed by atoms with Crippen molar-refractivity contribution in [2.75, 3.05) is 6.54 Å². The minimum absolute atomic E-state index is 0.276. The highest BCUT2D eigenvalue weighted by Gasteiger charge is 2.36. The Morgan fingerprint density at radius 1 is 1.71 bits per heavy atom. The van der Waals surface area contributed by atoms with Crippen molar-refractivity contribution in [1.82, 2.24) is 5.32 Å². The second kappa shape index (κ2) is 5.90. The third-order valence-electron chi connectivity index (χ3n) is 3.21. The molecule has 2 unspecified atom stereocenters. The molecule has 4 heteroatoms. The van der Waals surface area contributed by atoms with Crippen LogP contribution < -0.4 is 5.32 Å². The minimum atomic E-state index is -0.276. The lowest BCUT2D eigenvalue weighted by Crippen LogP contribution is -2.48. The molecule has 1 aliphatic carbocycles. The Labute approximate surface area is 111 Å². The number of nitrogens with zero attached hydrogens (tertiary/aromatic N) is 1. The van der Waals surface area contributed by atoms with Crippen molar-refractivity contribution in [3.05, 3.63) is 17.5 Å². The van der Waals surface area contributed by atoms with Gasteiger partial charge in [-0.1, -0.05) is 13.0 Å².